The zero-order chi connectivity index (χ0) is 12.8. The highest BCUT2D eigenvalue weighted by Crippen LogP contribution is 2.15. The van der Waals surface area contributed by atoms with Gasteiger partial charge < -0.3 is 15.4 Å². The molecule has 0 fully saturated rings. The zero-order valence-electron chi connectivity index (χ0n) is 9.56. The third-order valence-corrected chi connectivity index (χ3v) is 3.22. The maximum atomic E-state index is 11.7. The number of thiophene rings is 1. The summed E-state index contributed by atoms with van der Waals surface area (Å²) in [4.78, 5) is 16.4. The first-order valence-electron chi connectivity index (χ1n) is 5.39. The van der Waals surface area contributed by atoms with Gasteiger partial charge in [-0.3, -0.25) is 4.79 Å². The molecule has 2 rings (SSSR count). The van der Waals surface area contributed by atoms with Crippen molar-refractivity contribution in [2.24, 2.45) is 0 Å². The van der Waals surface area contributed by atoms with Gasteiger partial charge in [-0.25, -0.2) is 0 Å². The Morgan fingerprint density at radius 3 is 3.06 bits per heavy atom. The van der Waals surface area contributed by atoms with Crippen molar-refractivity contribution < 1.29 is 9.90 Å². The van der Waals surface area contributed by atoms with E-state index in [1.54, 1.807) is 18.3 Å². The van der Waals surface area contributed by atoms with Crippen molar-refractivity contribution in [3.05, 3.63) is 45.9 Å². The second kappa shape index (κ2) is 6.05. The lowest BCUT2D eigenvalue weighted by Crippen LogP contribution is -2.22. The maximum absolute atomic E-state index is 11.7. The molecule has 1 amide bonds. The molecule has 92 valence electrons. The summed E-state index contributed by atoms with van der Waals surface area (Å²) in [6.45, 7) is 0.333. The van der Waals surface area contributed by atoms with Crippen LogP contribution in [0.3, 0.4) is 0 Å². The van der Waals surface area contributed by atoms with Crippen molar-refractivity contribution in [3.63, 3.8) is 0 Å². The number of aromatic amines is 1. The van der Waals surface area contributed by atoms with E-state index in [2.05, 4.69) is 22.1 Å². The van der Waals surface area contributed by atoms with Gasteiger partial charge in [0.15, 0.2) is 0 Å². The van der Waals surface area contributed by atoms with E-state index in [4.69, 9.17) is 5.11 Å². The summed E-state index contributed by atoms with van der Waals surface area (Å²) in [5.74, 6) is 5.29. The summed E-state index contributed by atoms with van der Waals surface area (Å²) in [6, 6.07) is 7.30. The minimum Gasteiger partial charge on any atom is -0.384 e. The summed E-state index contributed by atoms with van der Waals surface area (Å²) < 4.78 is 0. The molecular weight excluding hydrogens is 248 g/mol. The van der Waals surface area contributed by atoms with Gasteiger partial charge >= 0.3 is 0 Å². The summed E-state index contributed by atoms with van der Waals surface area (Å²) >= 11 is 1.50. The molecule has 2 heterocycles. The SMILES string of the molecule is O=C(NCc1ccc(C#CCO)s1)c1ccc[nH]1. The van der Waals surface area contributed by atoms with Crippen molar-refractivity contribution in [3.8, 4) is 11.8 Å². The molecule has 0 aliphatic heterocycles. The summed E-state index contributed by atoms with van der Waals surface area (Å²) in [7, 11) is 0. The van der Waals surface area contributed by atoms with Crippen LogP contribution in [-0.2, 0) is 6.54 Å². The first kappa shape index (κ1) is 12.4. The normalized spacial score (nSPS) is 9.61. The number of carbonyl (C=O) groups is 1. The monoisotopic (exact) mass is 260 g/mol. The number of rotatable bonds is 3. The van der Waals surface area contributed by atoms with Gasteiger partial charge in [-0.15, -0.1) is 11.3 Å². The Kier molecular flexibility index (Phi) is 4.18. The van der Waals surface area contributed by atoms with Crippen LogP contribution in [-0.4, -0.2) is 22.6 Å². The van der Waals surface area contributed by atoms with Crippen LogP contribution >= 0.6 is 11.3 Å². The van der Waals surface area contributed by atoms with Gasteiger partial charge in [0.1, 0.15) is 12.3 Å². The average Bonchev–Trinajstić information content (AvgIpc) is 3.04. The number of amides is 1. The number of aliphatic hydroxyl groups excluding tert-OH is 1. The predicted molar refractivity (Wildman–Crippen MR) is 70.2 cm³/mol. The van der Waals surface area contributed by atoms with Crippen molar-refractivity contribution in [1.82, 2.24) is 10.3 Å². The number of carbonyl (C=O) groups excluding carboxylic acids is 1. The molecule has 0 aliphatic carbocycles. The molecular formula is C13H12N2O2S. The Hall–Kier alpha value is -2.03. The van der Waals surface area contributed by atoms with Crippen LogP contribution in [0.25, 0.3) is 0 Å². The topological polar surface area (TPSA) is 65.1 Å². The quantitative estimate of drug-likeness (QED) is 0.729. The molecule has 0 spiro atoms. The summed E-state index contributed by atoms with van der Waals surface area (Å²) in [5.41, 5.74) is 0.548. The molecule has 5 heteroatoms. The average molecular weight is 260 g/mol. The highest BCUT2D eigenvalue weighted by molar-refractivity contribution is 7.12. The number of hydrogen-bond acceptors (Lipinski definition) is 3. The maximum Gasteiger partial charge on any atom is 0.267 e. The second-order valence-electron chi connectivity index (χ2n) is 3.49. The summed E-state index contributed by atoms with van der Waals surface area (Å²) in [6.07, 6.45) is 1.71. The molecule has 0 atom stereocenters. The molecule has 0 bridgehead atoms. The van der Waals surface area contributed by atoms with E-state index >= 15 is 0 Å². The molecule has 0 saturated carbocycles. The highest BCUT2D eigenvalue weighted by atomic mass is 32.1. The molecule has 3 N–H and O–H groups in total. The lowest BCUT2D eigenvalue weighted by molar-refractivity contribution is 0.0947. The van der Waals surface area contributed by atoms with Crippen LogP contribution < -0.4 is 5.32 Å². The summed E-state index contributed by atoms with van der Waals surface area (Å²) in [5, 5.41) is 11.4. The number of H-pyrrole nitrogens is 1. The van der Waals surface area contributed by atoms with Gasteiger partial charge in [0.2, 0.25) is 0 Å². The van der Waals surface area contributed by atoms with Crippen molar-refractivity contribution in [2.75, 3.05) is 6.61 Å². The van der Waals surface area contributed by atoms with Crippen LogP contribution in [0.2, 0.25) is 0 Å². The van der Waals surface area contributed by atoms with Crippen molar-refractivity contribution >= 4 is 17.2 Å². The first-order chi connectivity index (χ1) is 8.79. The van der Waals surface area contributed by atoms with Crippen LogP contribution in [0.1, 0.15) is 20.2 Å². The molecule has 2 aromatic rings. The number of aliphatic hydroxyl groups is 1. The zero-order valence-corrected chi connectivity index (χ0v) is 10.4. The largest absolute Gasteiger partial charge is 0.384 e. The van der Waals surface area contributed by atoms with Crippen LogP contribution in [0.15, 0.2) is 30.5 Å². The second-order valence-corrected chi connectivity index (χ2v) is 4.66. The van der Waals surface area contributed by atoms with E-state index in [0.717, 1.165) is 9.75 Å². The van der Waals surface area contributed by atoms with Gasteiger partial charge in [0.05, 0.1) is 11.4 Å². The van der Waals surface area contributed by atoms with Gasteiger partial charge in [0, 0.05) is 11.1 Å². The Morgan fingerprint density at radius 1 is 1.44 bits per heavy atom. The standard InChI is InChI=1S/C13H12N2O2S/c16-8-2-3-10-5-6-11(18-10)9-15-13(17)12-4-1-7-14-12/h1,4-7,14,16H,8-9H2,(H,15,17). The minimum absolute atomic E-state index is 0.128. The molecule has 18 heavy (non-hydrogen) atoms. The van der Waals surface area contributed by atoms with Crippen LogP contribution in [0, 0.1) is 11.8 Å². The molecule has 0 radical (unpaired) electrons. The highest BCUT2D eigenvalue weighted by Gasteiger charge is 2.05. The van der Waals surface area contributed by atoms with E-state index in [0.29, 0.717) is 12.2 Å². The Balaban J connectivity index is 1.90. The van der Waals surface area contributed by atoms with E-state index in [1.165, 1.54) is 11.3 Å². The molecule has 4 nitrogen and oxygen atoms in total. The number of nitrogens with one attached hydrogen (secondary N) is 2. The minimum atomic E-state index is -0.142. The lowest BCUT2D eigenvalue weighted by atomic mass is 10.4. The van der Waals surface area contributed by atoms with E-state index in [1.807, 2.05) is 12.1 Å². The fourth-order valence-electron chi connectivity index (χ4n) is 1.40. The van der Waals surface area contributed by atoms with Gasteiger partial charge in [-0.1, -0.05) is 11.8 Å². The van der Waals surface area contributed by atoms with E-state index in [9.17, 15) is 4.79 Å². The third kappa shape index (κ3) is 3.23. The van der Waals surface area contributed by atoms with Crippen LogP contribution in [0.4, 0.5) is 0 Å². The van der Waals surface area contributed by atoms with Crippen molar-refractivity contribution in [2.45, 2.75) is 6.54 Å². The van der Waals surface area contributed by atoms with Crippen molar-refractivity contribution in [1.29, 1.82) is 0 Å². The first-order valence-corrected chi connectivity index (χ1v) is 6.21. The number of hydrogen-bond donors (Lipinski definition) is 3. The molecule has 0 saturated heterocycles. The predicted octanol–water partition coefficient (Wildman–Crippen LogP) is 1.35. The molecule has 0 unspecified atom stereocenters. The Bertz CT molecular complexity index is 576. The fourth-order valence-corrected chi connectivity index (χ4v) is 2.22. The van der Waals surface area contributed by atoms with Crippen LogP contribution in [0.5, 0.6) is 0 Å². The molecule has 0 aliphatic rings. The Morgan fingerprint density at radius 2 is 2.33 bits per heavy atom. The van der Waals surface area contributed by atoms with E-state index in [-0.39, 0.29) is 12.5 Å². The lowest BCUT2D eigenvalue weighted by Gasteiger charge is -2.00. The van der Waals surface area contributed by atoms with Gasteiger partial charge in [-0.2, -0.15) is 0 Å². The third-order valence-electron chi connectivity index (χ3n) is 2.22. The Labute approximate surface area is 109 Å². The fraction of sp³-hybridized carbons (Fsp3) is 0.154. The smallest absolute Gasteiger partial charge is 0.267 e. The van der Waals surface area contributed by atoms with Gasteiger partial charge in [-0.05, 0) is 24.3 Å². The molecule has 2 aromatic heterocycles. The van der Waals surface area contributed by atoms with Gasteiger partial charge in [0.25, 0.3) is 5.91 Å². The number of aromatic nitrogens is 1. The molecule has 0 aromatic carbocycles. The van der Waals surface area contributed by atoms with E-state index < -0.39 is 0 Å².